The molecule has 0 heterocycles. The number of aryl methyl sites for hydroxylation is 1. The second-order valence-corrected chi connectivity index (χ2v) is 3.70. The molecule has 5 heteroatoms. The van der Waals surface area contributed by atoms with E-state index in [9.17, 15) is 14.7 Å². The van der Waals surface area contributed by atoms with E-state index >= 15 is 0 Å². The average Bonchev–Trinajstić information content (AvgIpc) is 2.26. The molecule has 1 atom stereocenters. The highest BCUT2D eigenvalue weighted by atomic mass is 35.5. The van der Waals surface area contributed by atoms with Crippen LogP contribution in [0.4, 0.5) is 0 Å². The van der Waals surface area contributed by atoms with E-state index in [0.717, 1.165) is 11.8 Å². The summed E-state index contributed by atoms with van der Waals surface area (Å²) in [5, 5.41) is 18.2. The fourth-order valence-corrected chi connectivity index (χ4v) is 1.58. The number of carboxylic acid groups (broad SMARTS) is 1. The number of rotatable bonds is 5. The molecule has 1 aromatic carbocycles. The Morgan fingerprint density at radius 2 is 2.19 bits per heavy atom. The van der Waals surface area contributed by atoms with Crippen LogP contribution in [0.1, 0.15) is 23.7 Å². The van der Waals surface area contributed by atoms with Crippen LogP contribution in [0.5, 0.6) is 0 Å². The number of carbonyl (C=O) groups excluding carboxylic acids is 1. The van der Waals surface area contributed by atoms with Crippen molar-refractivity contribution in [3.63, 3.8) is 0 Å². The van der Waals surface area contributed by atoms with Crippen LogP contribution in [0.25, 0.3) is 0 Å². The van der Waals surface area contributed by atoms with E-state index in [0.29, 0.717) is 17.9 Å². The molecule has 86 valence electrons. The van der Waals surface area contributed by atoms with Gasteiger partial charge in [0.05, 0.1) is 0 Å². The third kappa shape index (κ3) is 3.05. The van der Waals surface area contributed by atoms with Gasteiger partial charge in [0.15, 0.2) is 6.10 Å². The second-order valence-electron chi connectivity index (χ2n) is 3.30. The average molecular weight is 243 g/mol. The molecule has 4 nitrogen and oxygen atoms in total. The molecular formula is C11H11ClO4. The van der Waals surface area contributed by atoms with Gasteiger partial charge in [-0.15, -0.1) is 0 Å². The molecule has 1 aromatic rings. The summed E-state index contributed by atoms with van der Waals surface area (Å²) in [6.07, 6.45) is 0.0838. The lowest BCUT2D eigenvalue weighted by Crippen LogP contribution is -2.10. The third-order valence-electron chi connectivity index (χ3n) is 2.16. The van der Waals surface area contributed by atoms with Gasteiger partial charge in [-0.25, -0.2) is 4.79 Å². The van der Waals surface area contributed by atoms with Crippen LogP contribution in [-0.4, -0.2) is 22.5 Å². The van der Waals surface area contributed by atoms with E-state index in [2.05, 4.69) is 0 Å². The van der Waals surface area contributed by atoms with E-state index in [1.54, 1.807) is 6.07 Å². The van der Waals surface area contributed by atoms with Gasteiger partial charge >= 0.3 is 5.97 Å². The molecule has 0 aliphatic rings. The van der Waals surface area contributed by atoms with Gasteiger partial charge in [-0.1, -0.05) is 23.7 Å². The Labute approximate surface area is 97.5 Å². The Morgan fingerprint density at radius 1 is 1.50 bits per heavy atom. The fraction of sp³-hybridized carbons (Fsp3) is 0.273. The summed E-state index contributed by atoms with van der Waals surface area (Å²) in [4.78, 5) is 20.7. The van der Waals surface area contributed by atoms with E-state index < -0.39 is 12.1 Å². The van der Waals surface area contributed by atoms with Crippen LogP contribution in [0, 0.1) is 0 Å². The Balaban J connectivity index is 2.90. The van der Waals surface area contributed by atoms with Crippen molar-refractivity contribution in [1.29, 1.82) is 0 Å². The number of aliphatic hydroxyl groups excluding tert-OH is 1. The third-order valence-corrected chi connectivity index (χ3v) is 2.51. The van der Waals surface area contributed by atoms with Crippen molar-refractivity contribution >= 4 is 23.9 Å². The molecule has 0 fully saturated rings. The molecule has 0 aliphatic carbocycles. The van der Waals surface area contributed by atoms with E-state index in [1.807, 2.05) is 0 Å². The number of aldehydes is 1. The molecule has 1 unspecified atom stereocenters. The molecule has 0 amide bonds. The van der Waals surface area contributed by atoms with Gasteiger partial charge in [-0.3, -0.25) is 0 Å². The lowest BCUT2D eigenvalue weighted by atomic mass is 10.0. The topological polar surface area (TPSA) is 74.6 Å². The van der Waals surface area contributed by atoms with Crippen molar-refractivity contribution in [2.45, 2.75) is 18.9 Å². The van der Waals surface area contributed by atoms with Crippen molar-refractivity contribution in [3.8, 4) is 0 Å². The number of carboxylic acids is 1. The summed E-state index contributed by atoms with van der Waals surface area (Å²) in [7, 11) is 0. The number of hydrogen-bond acceptors (Lipinski definition) is 3. The van der Waals surface area contributed by atoms with Crippen molar-refractivity contribution < 1.29 is 19.8 Å². The van der Waals surface area contributed by atoms with Crippen LogP contribution in [0.2, 0.25) is 5.02 Å². The molecule has 0 saturated carbocycles. The molecule has 2 N–H and O–H groups in total. The lowest BCUT2D eigenvalue weighted by molar-refractivity contribution is -0.146. The van der Waals surface area contributed by atoms with Crippen LogP contribution >= 0.6 is 11.6 Å². The van der Waals surface area contributed by atoms with Gasteiger partial charge in [0, 0.05) is 11.4 Å². The standard InChI is InChI=1S/C11H11ClO4/c12-9-6-8(10(14)11(15)16)4-3-7(9)2-1-5-13/h3-6,10,14H,1-2H2,(H,15,16). The highest BCUT2D eigenvalue weighted by molar-refractivity contribution is 6.31. The summed E-state index contributed by atoms with van der Waals surface area (Å²) in [6, 6.07) is 4.51. The van der Waals surface area contributed by atoms with Gasteiger partial charge in [0.2, 0.25) is 0 Å². The van der Waals surface area contributed by atoms with E-state index in [1.165, 1.54) is 12.1 Å². The SMILES string of the molecule is O=CCCc1ccc(C(O)C(=O)O)cc1Cl. The summed E-state index contributed by atoms with van der Waals surface area (Å²) in [6.45, 7) is 0. The normalized spacial score (nSPS) is 12.1. The molecule has 1 rings (SSSR count). The highest BCUT2D eigenvalue weighted by Crippen LogP contribution is 2.23. The first-order valence-corrected chi connectivity index (χ1v) is 5.07. The Hall–Kier alpha value is -1.39. The Morgan fingerprint density at radius 3 is 2.69 bits per heavy atom. The number of halogens is 1. The number of aliphatic hydroxyl groups is 1. The van der Waals surface area contributed by atoms with E-state index in [4.69, 9.17) is 16.7 Å². The summed E-state index contributed by atoms with van der Waals surface area (Å²) in [5.74, 6) is -1.32. The minimum Gasteiger partial charge on any atom is -0.479 e. The largest absolute Gasteiger partial charge is 0.479 e. The first-order chi connectivity index (χ1) is 7.56. The highest BCUT2D eigenvalue weighted by Gasteiger charge is 2.16. The zero-order valence-electron chi connectivity index (χ0n) is 8.39. The molecule has 0 radical (unpaired) electrons. The van der Waals surface area contributed by atoms with Crippen molar-refractivity contribution in [1.82, 2.24) is 0 Å². The predicted molar refractivity (Wildman–Crippen MR) is 58.4 cm³/mol. The number of hydrogen-bond donors (Lipinski definition) is 2. The molecule has 16 heavy (non-hydrogen) atoms. The van der Waals surface area contributed by atoms with Gasteiger partial charge in [-0.2, -0.15) is 0 Å². The van der Waals surface area contributed by atoms with Crippen LogP contribution in [-0.2, 0) is 16.0 Å². The zero-order valence-corrected chi connectivity index (χ0v) is 9.15. The van der Waals surface area contributed by atoms with Crippen LogP contribution in [0.3, 0.4) is 0 Å². The molecule has 0 bridgehead atoms. The Kier molecular flexibility index (Phi) is 4.46. The molecule has 0 aliphatic heterocycles. The van der Waals surface area contributed by atoms with Crippen LogP contribution in [0.15, 0.2) is 18.2 Å². The molecule has 0 aromatic heterocycles. The lowest BCUT2D eigenvalue weighted by Gasteiger charge is -2.08. The smallest absolute Gasteiger partial charge is 0.337 e. The maximum Gasteiger partial charge on any atom is 0.337 e. The first-order valence-electron chi connectivity index (χ1n) is 4.69. The van der Waals surface area contributed by atoms with Crippen molar-refractivity contribution in [2.75, 3.05) is 0 Å². The maximum absolute atomic E-state index is 10.5. The van der Waals surface area contributed by atoms with Crippen molar-refractivity contribution in [3.05, 3.63) is 34.3 Å². The monoisotopic (exact) mass is 242 g/mol. The van der Waals surface area contributed by atoms with Gasteiger partial charge in [0.1, 0.15) is 6.29 Å². The minimum absolute atomic E-state index is 0.229. The van der Waals surface area contributed by atoms with Gasteiger partial charge in [0.25, 0.3) is 0 Å². The molecular weight excluding hydrogens is 232 g/mol. The van der Waals surface area contributed by atoms with Gasteiger partial charge < -0.3 is 15.0 Å². The second kappa shape index (κ2) is 5.63. The molecule has 0 saturated heterocycles. The zero-order chi connectivity index (χ0) is 12.1. The first kappa shape index (κ1) is 12.7. The summed E-state index contributed by atoms with van der Waals surface area (Å²) in [5.41, 5.74) is 0.988. The number of carbonyl (C=O) groups is 2. The number of aliphatic carboxylic acids is 1. The minimum atomic E-state index is -1.57. The Bertz CT molecular complexity index is 403. The fourth-order valence-electron chi connectivity index (χ4n) is 1.29. The predicted octanol–water partition coefficient (Wildman–Crippen LogP) is 1.59. The number of benzene rings is 1. The maximum atomic E-state index is 10.5. The van der Waals surface area contributed by atoms with Gasteiger partial charge in [-0.05, 0) is 23.6 Å². The quantitative estimate of drug-likeness (QED) is 0.769. The summed E-state index contributed by atoms with van der Waals surface area (Å²) < 4.78 is 0. The summed E-state index contributed by atoms with van der Waals surface area (Å²) >= 11 is 5.89. The van der Waals surface area contributed by atoms with E-state index in [-0.39, 0.29) is 5.56 Å². The van der Waals surface area contributed by atoms with Crippen LogP contribution < -0.4 is 0 Å². The van der Waals surface area contributed by atoms with Crippen molar-refractivity contribution in [2.24, 2.45) is 0 Å². The molecule has 0 spiro atoms.